The van der Waals surface area contributed by atoms with Crippen LogP contribution in [0, 0.1) is 13.8 Å². The molecule has 2 heterocycles. The van der Waals surface area contributed by atoms with Gasteiger partial charge in [-0.1, -0.05) is 11.6 Å². The fourth-order valence-electron chi connectivity index (χ4n) is 1.28. The number of pyridine rings is 1. The molecule has 0 amide bonds. The van der Waals surface area contributed by atoms with Gasteiger partial charge in [0.15, 0.2) is 5.82 Å². The molecule has 0 aliphatic carbocycles. The van der Waals surface area contributed by atoms with Gasteiger partial charge in [-0.3, -0.25) is 9.78 Å². The number of halogens is 1. The first kappa shape index (κ1) is 10.8. The first-order valence-electron chi connectivity index (χ1n) is 4.77. The van der Waals surface area contributed by atoms with Crippen molar-refractivity contribution in [2.45, 2.75) is 13.8 Å². The first-order valence-corrected chi connectivity index (χ1v) is 5.15. The largest absolute Gasteiger partial charge is 0.305 e. The molecule has 16 heavy (non-hydrogen) atoms. The smallest absolute Gasteiger partial charge is 0.254 e. The summed E-state index contributed by atoms with van der Waals surface area (Å²) < 4.78 is 0. The lowest BCUT2D eigenvalue weighted by Crippen LogP contribution is -2.14. The zero-order chi connectivity index (χ0) is 11.7. The molecule has 0 saturated heterocycles. The van der Waals surface area contributed by atoms with Crippen LogP contribution in [0.3, 0.4) is 0 Å². The Morgan fingerprint density at radius 3 is 2.62 bits per heavy atom. The van der Waals surface area contributed by atoms with Gasteiger partial charge in [-0.15, -0.1) is 0 Å². The van der Waals surface area contributed by atoms with Crippen molar-refractivity contribution in [2.75, 3.05) is 0 Å². The van der Waals surface area contributed by atoms with Crippen molar-refractivity contribution in [3.63, 3.8) is 0 Å². The summed E-state index contributed by atoms with van der Waals surface area (Å²) >= 11 is 5.73. The minimum Gasteiger partial charge on any atom is -0.305 e. The molecule has 2 rings (SSSR count). The van der Waals surface area contributed by atoms with Crippen LogP contribution in [0.2, 0.25) is 5.02 Å². The third kappa shape index (κ3) is 1.97. The van der Waals surface area contributed by atoms with Gasteiger partial charge >= 0.3 is 0 Å². The van der Waals surface area contributed by atoms with E-state index in [0.29, 0.717) is 27.8 Å². The van der Waals surface area contributed by atoms with E-state index in [1.165, 1.54) is 6.20 Å². The standard InChI is InChI=1S/C11H10ClN3O/c1-6-7(2)14-10(15-11(6)16)9-4-3-8(12)5-13-9/h3-5H,1-2H3,(H,14,15,16). The van der Waals surface area contributed by atoms with Crippen molar-refractivity contribution in [2.24, 2.45) is 0 Å². The summed E-state index contributed by atoms with van der Waals surface area (Å²) in [4.78, 5) is 22.6. The Morgan fingerprint density at radius 2 is 2.06 bits per heavy atom. The van der Waals surface area contributed by atoms with Crippen molar-refractivity contribution >= 4 is 11.6 Å². The van der Waals surface area contributed by atoms with Gasteiger partial charge in [0.25, 0.3) is 5.56 Å². The van der Waals surface area contributed by atoms with Crippen LogP contribution in [-0.2, 0) is 0 Å². The molecular weight excluding hydrogens is 226 g/mol. The van der Waals surface area contributed by atoms with Gasteiger partial charge in [0, 0.05) is 17.5 Å². The zero-order valence-corrected chi connectivity index (χ0v) is 9.67. The molecule has 0 aliphatic rings. The van der Waals surface area contributed by atoms with E-state index < -0.39 is 0 Å². The number of rotatable bonds is 1. The summed E-state index contributed by atoms with van der Waals surface area (Å²) in [5.41, 5.74) is 1.79. The topological polar surface area (TPSA) is 58.6 Å². The summed E-state index contributed by atoms with van der Waals surface area (Å²) in [5.74, 6) is 0.463. The number of hydrogen-bond donors (Lipinski definition) is 1. The van der Waals surface area contributed by atoms with Gasteiger partial charge in [0.1, 0.15) is 5.69 Å². The van der Waals surface area contributed by atoms with Gasteiger partial charge < -0.3 is 4.98 Å². The van der Waals surface area contributed by atoms with E-state index in [-0.39, 0.29) is 5.56 Å². The third-order valence-corrected chi connectivity index (χ3v) is 2.59. The summed E-state index contributed by atoms with van der Waals surface area (Å²) in [7, 11) is 0. The molecule has 0 atom stereocenters. The predicted octanol–water partition coefficient (Wildman–Crippen LogP) is 2.10. The molecule has 2 aromatic heterocycles. The number of aromatic amines is 1. The molecule has 2 aromatic rings. The van der Waals surface area contributed by atoms with Gasteiger partial charge in [-0.25, -0.2) is 4.98 Å². The molecule has 0 fully saturated rings. The highest BCUT2D eigenvalue weighted by Gasteiger charge is 2.06. The van der Waals surface area contributed by atoms with Crippen LogP contribution >= 0.6 is 11.6 Å². The van der Waals surface area contributed by atoms with E-state index in [2.05, 4.69) is 15.0 Å². The molecule has 0 bridgehead atoms. The van der Waals surface area contributed by atoms with Crippen molar-refractivity contribution in [3.8, 4) is 11.5 Å². The SMILES string of the molecule is Cc1nc(-c2ccc(Cl)cn2)[nH]c(=O)c1C. The second-order valence-electron chi connectivity index (χ2n) is 3.49. The lowest BCUT2D eigenvalue weighted by molar-refractivity contribution is 1.02. The van der Waals surface area contributed by atoms with Gasteiger partial charge in [-0.05, 0) is 26.0 Å². The number of aromatic nitrogens is 3. The number of nitrogens with one attached hydrogen (secondary N) is 1. The molecule has 1 N–H and O–H groups in total. The van der Waals surface area contributed by atoms with Gasteiger partial charge in [-0.2, -0.15) is 0 Å². The molecule has 0 aliphatic heterocycles. The molecule has 0 aromatic carbocycles. The molecule has 5 heteroatoms. The van der Waals surface area contributed by atoms with E-state index >= 15 is 0 Å². The monoisotopic (exact) mass is 235 g/mol. The quantitative estimate of drug-likeness (QED) is 0.824. The maximum absolute atomic E-state index is 11.6. The molecule has 82 valence electrons. The first-order chi connectivity index (χ1) is 7.58. The van der Waals surface area contributed by atoms with Crippen LogP contribution in [0.4, 0.5) is 0 Å². The van der Waals surface area contributed by atoms with Crippen molar-refractivity contribution < 1.29 is 0 Å². The van der Waals surface area contributed by atoms with Crippen LogP contribution in [0.1, 0.15) is 11.3 Å². The molecule has 0 unspecified atom stereocenters. The Morgan fingerprint density at radius 1 is 1.31 bits per heavy atom. The second-order valence-corrected chi connectivity index (χ2v) is 3.92. The number of H-pyrrole nitrogens is 1. The molecular formula is C11H10ClN3O. The minimum absolute atomic E-state index is 0.140. The molecule has 0 radical (unpaired) electrons. The highest BCUT2D eigenvalue weighted by Crippen LogP contribution is 2.14. The highest BCUT2D eigenvalue weighted by atomic mass is 35.5. The fraction of sp³-hybridized carbons (Fsp3) is 0.182. The van der Waals surface area contributed by atoms with Gasteiger partial charge in [0.05, 0.1) is 5.02 Å². The van der Waals surface area contributed by atoms with Crippen LogP contribution in [0.25, 0.3) is 11.5 Å². The number of hydrogen-bond acceptors (Lipinski definition) is 3. The molecule has 0 saturated carbocycles. The van der Waals surface area contributed by atoms with Crippen molar-refractivity contribution in [1.82, 2.24) is 15.0 Å². The van der Waals surface area contributed by atoms with E-state index in [1.54, 1.807) is 26.0 Å². The Bertz CT molecular complexity index is 575. The summed E-state index contributed by atoms with van der Waals surface area (Å²) in [6, 6.07) is 3.43. The normalized spacial score (nSPS) is 10.4. The second kappa shape index (κ2) is 4.06. The van der Waals surface area contributed by atoms with Crippen LogP contribution < -0.4 is 5.56 Å². The van der Waals surface area contributed by atoms with Crippen LogP contribution in [0.5, 0.6) is 0 Å². The Labute approximate surface area is 97.3 Å². The lowest BCUT2D eigenvalue weighted by atomic mass is 10.2. The third-order valence-electron chi connectivity index (χ3n) is 2.36. The predicted molar refractivity (Wildman–Crippen MR) is 62.6 cm³/mol. The van der Waals surface area contributed by atoms with Crippen LogP contribution in [0.15, 0.2) is 23.1 Å². The zero-order valence-electron chi connectivity index (χ0n) is 8.91. The summed E-state index contributed by atoms with van der Waals surface area (Å²) in [6.07, 6.45) is 1.52. The summed E-state index contributed by atoms with van der Waals surface area (Å²) in [5, 5.41) is 0.551. The van der Waals surface area contributed by atoms with E-state index in [4.69, 9.17) is 11.6 Å². The Hall–Kier alpha value is -1.68. The van der Waals surface area contributed by atoms with E-state index in [0.717, 1.165) is 0 Å². The van der Waals surface area contributed by atoms with Crippen molar-refractivity contribution in [1.29, 1.82) is 0 Å². The summed E-state index contributed by atoms with van der Waals surface area (Å²) in [6.45, 7) is 3.53. The van der Waals surface area contributed by atoms with Crippen LogP contribution in [-0.4, -0.2) is 15.0 Å². The van der Waals surface area contributed by atoms with E-state index in [9.17, 15) is 4.79 Å². The lowest BCUT2D eigenvalue weighted by Gasteiger charge is -2.03. The molecule has 0 spiro atoms. The van der Waals surface area contributed by atoms with Crippen molar-refractivity contribution in [3.05, 3.63) is 45.0 Å². The number of nitrogens with zero attached hydrogens (tertiary/aromatic N) is 2. The average Bonchev–Trinajstić information content (AvgIpc) is 2.26. The number of aryl methyl sites for hydroxylation is 1. The van der Waals surface area contributed by atoms with Gasteiger partial charge in [0.2, 0.25) is 0 Å². The Balaban J connectivity index is 2.57. The average molecular weight is 236 g/mol. The molecule has 4 nitrogen and oxygen atoms in total. The fourth-order valence-corrected chi connectivity index (χ4v) is 1.39. The maximum atomic E-state index is 11.6. The highest BCUT2D eigenvalue weighted by molar-refractivity contribution is 6.30. The van der Waals surface area contributed by atoms with E-state index in [1.807, 2.05) is 0 Å². The Kier molecular flexibility index (Phi) is 2.75. The minimum atomic E-state index is -0.140. The maximum Gasteiger partial charge on any atom is 0.254 e.